The summed E-state index contributed by atoms with van der Waals surface area (Å²) in [6, 6.07) is 5.16. The average molecular weight is 405 g/mol. The van der Waals surface area contributed by atoms with Crippen molar-refractivity contribution in [2.45, 2.75) is 39.2 Å². The lowest BCUT2D eigenvalue weighted by Crippen LogP contribution is -2.45. The van der Waals surface area contributed by atoms with Gasteiger partial charge in [-0.15, -0.1) is 0 Å². The molecule has 1 aliphatic rings. The van der Waals surface area contributed by atoms with Crippen molar-refractivity contribution in [3.63, 3.8) is 0 Å². The molecule has 0 aromatic heterocycles. The Hall–Kier alpha value is -2.54. The van der Waals surface area contributed by atoms with Crippen LogP contribution in [0.4, 0.5) is 0 Å². The Kier molecular flexibility index (Phi) is 8.32. The molecule has 0 radical (unpaired) electrons. The van der Waals surface area contributed by atoms with Crippen LogP contribution in [-0.2, 0) is 9.53 Å². The maximum absolute atomic E-state index is 12.6. The molecular formula is C21H28N2O4S. The molecular weight excluding hydrogens is 376 g/mol. The quantitative estimate of drug-likeness (QED) is 0.266. The molecule has 28 heavy (non-hydrogen) atoms. The second-order valence-electron chi connectivity index (χ2n) is 6.42. The van der Waals surface area contributed by atoms with E-state index in [4.69, 9.17) is 26.4 Å². The third-order valence-electron chi connectivity index (χ3n) is 4.35. The first-order valence-corrected chi connectivity index (χ1v) is 9.79. The summed E-state index contributed by atoms with van der Waals surface area (Å²) in [5.41, 5.74) is 1.95. The maximum Gasteiger partial charge on any atom is 0.338 e. The number of benzene rings is 1. The minimum Gasteiger partial charge on any atom is -0.493 e. The Labute approximate surface area is 171 Å². The third-order valence-corrected chi connectivity index (χ3v) is 4.57. The lowest BCUT2D eigenvalue weighted by atomic mass is 9.95. The summed E-state index contributed by atoms with van der Waals surface area (Å²) in [6.07, 6.45) is 4.78. The number of ether oxygens (including phenoxy) is 3. The standard InChI is InChI=1S/C21H28N2O4S/c1-5-7-8-12-26-16-10-9-15(13-17(16)25-4)19-18(20(24)27-11-6-2)14(3)22-21(28)23-19/h6,9-10,13,19H,2,5,7-8,11-12H2,1,3-4H3,(H2,22,23,28). The van der Waals surface area contributed by atoms with Crippen molar-refractivity contribution in [3.8, 4) is 11.5 Å². The zero-order valence-corrected chi connectivity index (χ0v) is 17.5. The molecule has 6 nitrogen and oxygen atoms in total. The third kappa shape index (κ3) is 5.48. The van der Waals surface area contributed by atoms with Crippen molar-refractivity contribution in [1.82, 2.24) is 10.6 Å². The van der Waals surface area contributed by atoms with E-state index >= 15 is 0 Å². The Balaban J connectivity index is 2.29. The van der Waals surface area contributed by atoms with Crippen molar-refractivity contribution >= 4 is 23.3 Å². The Bertz CT molecular complexity index is 761. The van der Waals surface area contributed by atoms with E-state index in [2.05, 4.69) is 24.1 Å². The van der Waals surface area contributed by atoms with Crippen LogP contribution >= 0.6 is 12.2 Å². The number of unbranched alkanes of at least 4 members (excludes halogenated alkanes) is 2. The molecule has 1 unspecified atom stereocenters. The fourth-order valence-corrected chi connectivity index (χ4v) is 3.21. The molecule has 1 heterocycles. The summed E-state index contributed by atoms with van der Waals surface area (Å²) < 4.78 is 16.6. The smallest absolute Gasteiger partial charge is 0.338 e. The molecule has 152 valence electrons. The van der Waals surface area contributed by atoms with Crippen molar-refractivity contribution in [1.29, 1.82) is 0 Å². The number of nitrogens with one attached hydrogen (secondary N) is 2. The first kappa shape index (κ1) is 21.8. The van der Waals surface area contributed by atoms with E-state index in [-0.39, 0.29) is 6.61 Å². The highest BCUT2D eigenvalue weighted by Crippen LogP contribution is 2.34. The predicted molar refractivity (Wildman–Crippen MR) is 113 cm³/mol. The number of hydrogen-bond donors (Lipinski definition) is 2. The lowest BCUT2D eigenvalue weighted by molar-refractivity contribution is -0.138. The van der Waals surface area contributed by atoms with Gasteiger partial charge in [-0.1, -0.05) is 38.5 Å². The van der Waals surface area contributed by atoms with E-state index < -0.39 is 12.0 Å². The van der Waals surface area contributed by atoms with Crippen LogP contribution in [0.2, 0.25) is 0 Å². The van der Waals surface area contributed by atoms with Gasteiger partial charge in [-0.3, -0.25) is 0 Å². The first-order valence-electron chi connectivity index (χ1n) is 9.38. The van der Waals surface area contributed by atoms with Crippen LogP contribution in [0.3, 0.4) is 0 Å². The summed E-state index contributed by atoms with van der Waals surface area (Å²) in [4.78, 5) is 12.6. The van der Waals surface area contributed by atoms with E-state index in [1.165, 1.54) is 6.08 Å². The molecule has 1 aromatic rings. The molecule has 0 aliphatic carbocycles. The number of carbonyl (C=O) groups excluding carboxylic acids is 1. The van der Waals surface area contributed by atoms with Gasteiger partial charge in [0.2, 0.25) is 0 Å². The van der Waals surface area contributed by atoms with Gasteiger partial charge >= 0.3 is 5.97 Å². The van der Waals surface area contributed by atoms with Crippen molar-refractivity contribution in [2.24, 2.45) is 0 Å². The number of methoxy groups -OCH3 is 1. The first-order chi connectivity index (χ1) is 13.5. The molecule has 1 aliphatic heterocycles. The number of allylic oxidation sites excluding steroid dienone is 1. The fourth-order valence-electron chi connectivity index (χ4n) is 2.94. The Morgan fingerprint density at radius 1 is 1.32 bits per heavy atom. The minimum absolute atomic E-state index is 0.140. The van der Waals surface area contributed by atoms with Crippen LogP contribution in [0.15, 0.2) is 42.1 Å². The zero-order valence-electron chi connectivity index (χ0n) is 16.7. The van der Waals surface area contributed by atoms with Gasteiger partial charge in [-0.2, -0.15) is 0 Å². The van der Waals surface area contributed by atoms with E-state index in [1.807, 2.05) is 18.2 Å². The predicted octanol–water partition coefficient (Wildman–Crippen LogP) is 3.79. The molecule has 0 saturated carbocycles. The number of rotatable bonds is 10. The van der Waals surface area contributed by atoms with E-state index in [9.17, 15) is 4.79 Å². The van der Waals surface area contributed by atoms with Crippen LogP contribution in [0.5, 0.6) is 11.5 Å². The van der Waals surface area contributed by atoms with Crippen molar-refractivity contribution in [2.75, 3.05) is 20.3 Å². The van der Waals surface area contributed by atoms with Crippen LogP contribution in [0.1, 0.15) is 44.7 Å². The SMILES string of the molecule is C=CCOC(=O)C1=C(C)NC(=S)NC1c1ccc(OCCCCC)c(OC)c1. The molecule has 0 bridgehead atoms. The average Bonchev–Trinajstić information content (AvgIpc) is 2.68. The largest absolute Gasteiger partial charge is 0.493 e. The highest BCUT2D eigenvalue weighted by Gasteiger charge is 2.31. The fraction of sp³-hybridized carbons (Fsp3) is 0.429. The summed E-state index contributed by atoms with van der Waals surface area (Å²) in [5.74, 6) is 0.857. The molecule has 0 saturated heterocycles. The molecule has 2 N–H and O–H groups in total. The van der Waals surface area contributed by atoms with Crippen molar-refractivity contribution in [3.05, 3.63) is 47.7 Å². The van der Waals surface area contributed by atoms with Gasteiger partial charge in [0, 0.05) is 5.70 Å². The van der Waals surface area contributed by atoms with Gasteiger partial charge < -0.3 is 24.8 Å². The second-order valence-corrected chi connectivity index (χ2v) is 6.83. The second kappa shape index (κ2) is 10.7. The van der Waals surface area contributed by atoms with E-state index in [1.54, 1.807) is 14.0 Å². The maximum atomic E-state index is 12.6. The number of hydrogen-bond acceptors (Lipinski definition) is 5. The molecule has 0 spiro atoms. The number of thiocarbonyl (C=S) groups is 1. The number of carbonyl (C=O) groups is 1. The van der Waals surface area contributed by atoms with Crippen LogP contribution < -0.4 is 20.1 Å². The molecule has 2 rings (SSSR count). The Morgan fingerprint density at radius 3 is 2.79 bits per heavy atom. The number of esters is 1. The minimum atomic E-state index is -0.450. The molecule has 0 fully saturated rings. The van der Waals surface area contributed by atoms with Crippen LogP contribution in [0, 0.1) is 0 Å². The van der Waals surface area contributed by atoms with Gasteiger partial charge in [0.1, 0.15) is 6.61 Å². The summed E-state index contributed by atoms with van der Waals surface area (Å²) >= 11 is 5.28. The summed E-state index contributed by atoms with van der Waals surface area (Å²) in [7, 11) is 1.60. The normalized spacial score (nSPS) is 16.1. The van der Waals surface area contributed by atoms with E-state index in [0.717, 1.165) is 24.8 Å². The lowest BCUT2D eigenvalue weighted by Gasteiger charge is -2.30. The molecule has 0 amide bonds. The topological polar surface area (TPSA) is 68.8 Å². The van der Waals surface area contributed by atoms with Crippen molar-refractivity contribution < 1.29 is 19.0 Å². The zero-order chi connectivity index (χ0) is 20.5. The van der Waals surface area contributed by atoms with Gasteiger partial charge in [-0.25, -0.2) is 4.79 Å². The molecule has 1 aromatic carbocycles. The monoisotopic (exact) mass is 404 g/mol. The van der Waals surface area contributed by atoms with E-state index in [0.29, 0.717) is 34.5 Å². The van der Waals surface area contributed by atoms with Gasteiger partial charge in [-0.05, 0) is 43.3 Å². The molecule has 1 atom stereocenters. The summed E-state index contributed by atoms with van der Waals surface area (Å²) in [6.45, 7) is 8.30. The van der Waals surface area contributed by atoms with Crippen LogP contribution in [-0.4, -0.2) is 31.4 Å². The van der Waals surface area contributed by atoms with Gasteiger partial charge in [0.15, 0.2) is 16.6 Å². The van der Waals surface area contributed by atoms with Gasteiger partial charge in [0.25, 0.3) is 0 Å². The highest BCUT2D eigenvalue weighted by atomic mass is 32.1. The Morgan fingerprint density at radius 2 is 2.11 bits per heavy atom. The van der Waals surface area contributed by atoms with Crippen LogP contribution in [0.25, 0.3) is 0 Å². The molecule has 7 heteroatoms. The summed E-state index contributed by atoms with van der Waals surface area (Å²) in [5, 5.41) is 6.57. The van der Waals surface area contributed by atoms with Gasteiger partial charge in [0.05, 0.1) is 25.3 Å². The highest BCUT2D eigenvalue weighted by molar-refractivity contribution is 7.80.